The van der Waals surface area contributed by atoms with Crippen molar-refractivity contribution in [2.24, 2.45) is 0 Å². The molecule has 1 unspecified atom stereocenters. The van der Waals surface area contributed by atoms with Gasteiger partial charge in [0.1, 0.15) is 5.75 Å². The van der Waals surface area contributed by atoms with Gasteiger partial charge in [-0.15, -0.1) is 11.8 Å². The van der Waals surface area contributed by atoms with Crippen LogP contribution in [0.5, 0.6) is 5.75 Å². The molecule has 0 spiro atoms. The molecule has 1 aromatic rings. The van der Waals surface area contributed by atoms with Crippen molar-refractivity contribution < 1.29 is 5.11 Å². The zero-order valence-electron chi connectivity index (χ0n) is 10.2. The van der Waals surface area contributed by atoms with E-state index in [4.69, 9.17) is 0 Å². The summed E-state index contributed by atoms with van der Waals surface area (Å²) in [5.74, 6) is 1.50. The van der Waals surface area contributed by atoms with E-state index in [9.17, 15) is 5.11 Å². The number of hydrogen-bond acceptors (Lipinski definition) is 3. The third-order valence-electron chi connectivity index (χ3n) is 3.23. The van der Waals surface area contributed by atoms with Crippen molar-refractivity contribution in [2.45, 2.75) is 43.0 Å². The number of aromatic hydroxyl groups is 1. The smallest absolute Gasteiger partial charge is 0.115 e. The molecule has 3 heteroatoms. The Balaban J connectivity index is 1.69. The molecule has 1 fully saturated rings. The molecule has 1 atom stereocenters. The van der Waals surface area contributed by atoms with Gasteiger partial charge in [-0.2, -0.15) is 0 Å². The highest BCUT2D eigenvalue weighted by Crippen LogP contribution is 2.22. The van der Waals surface area contributed by atoms with Crippen LogP contribution in [0.2, 0.25) is 0 Å². The van der Waals surface area contributed by atoms with Gasteiger partial charge in [0.2, 0.25) is 0 Å². The Morgan fingerprint density at radius 1 is 1.18 bits per heavy atom. The van der Waals surface area contributed by atoms with Gasteiger partial charge in [-0.3, -0.25) is 0 Å². The van der Waals surface area contributed by atoms with Gasteiger partial charge in [-0.05, 0) is 55.8 Å². The van der Waals surface area contributed by atoms with Gasteiger partial charge in [0.05, 0.1) is 0 Å². The van der Waals surface area contributed by atoms with Gasteiger partial charge in [0, 0.05) is 10.9 Å². The maximum atomic E-state index is 9.20. The molecule has 1 aliphatic rings. The Bertz CT molecular complexity index is 317. The van der Waals surface area contributed by atoms with E-state index in [1.54, 1.807) is 12.1 Å². The number of nitrogens with one attached hydrogen (secondary N) is 1. The highest BCUT2D eigenvalue weighted by molar-refractivity contribution is 7.99. The number of hydrogen-bond donors (Lipinski definition) is 2. The number of phenols is 1. The van der Waals surface area contributed by atoms with Crippen molar-refractivity contribution in [3.63, 3.8) is 0 Å². The summed E-state index contributed by atoms with van der Waals surface area (Å²) in [4.78, 5) is 1.25. The maximum absolute atomic E-state index is 9.20. The molecule has 0 aromatic heterocycles. The normalized spacial score (nSPS) is 21.1. The number of thioether (sulfide) groups is 1. The van der Waals surface area contributed by atoms with Crippen molar-refractivity contribution in [3.05, 3.63) is 24.3 Å². The van der Waals surface area contributed by atoms with E-state index in [2.05, 4.69) is 5.32 Å². The summed E-state index contributed by atoms with van der Waals surface area (Å²) in [6.45, 7) is 1.19. The summed E-state index contributed by atoms with van der Waals surface area (Å²) in [6, 6.07) is 8.20. The van der Waals surface area contributed by atoms with Crippen LogP contribution >= 0.6 is 11.8 Å². The van der Waals surface area contributed by atoms with Crippen LogP contribution in [0.25, 0.3) is 0 Å². The summed E-state index contributed by atoms with van der Waals surface area (Å²) >= 11 is 1.88. The molecule has 2 N–H and O–H groups in total. The minimum atomic E-state index is 0.347. The monoisotopic (exact) mass is 251 g/mol. The molecule has 1 aliphatic heterocycles. The molecule has 0 bridgehead atoms. The largest absolute Gasteiger partial charge is 0.508 e. The van der Waals surface area contributed by atoms with E-state index in [1.165, 1.54) is 43.5 Å². The second-order valence-corrected chi connectivity index (χ2v) is 5.80. The minimum Gasteiger partial charge on any atom is -0.508 e. The van der Waals surface area contributed by atoms with E-state index in [-0.39, 0.29) is 0 Å². The standard InChI is InChI=1S/C14H21NOS/c16-13-5-7-14(8-6-13)17-11-9-12-4-2-1-3-10-15-12/h5-8,12,15-16H,1-4,9-11H2. The van der Waals surface area contributed by atoms with Crippen molar-refractivity contribution >= 4 is 11.8 Å². The summed E-state index contributed by atoms with van der Waals surface area (Å²) < 4.78 is 0. The second kappa shape index (κ2) is 6.92. The van der Waals surface area contributed by atoms with Crippen LogP contribution in [0.3, 0.4) is 0 Å². The topological polar surface area (TPSA) is 32.3 Å². The molecule has 1 heterocycles. The van der Waals surface area contributed by atoms with Crippen LogP contribution in [-0.2, 0) is 0 Å². The molecule has 17 heavy (non-hydrogen) atoms. The highest BCUT2D eigenvalue weighted by Gasteiger charge is 2.10. The lowest BCUT2D eigenvalue weighted by molar-refractivity contribution is 0.475. The SMILES string of the molecule is Oc1ccc(SCCC2CCCCCN2)cc1. The third kappa shape index (κ3) is 4.60. The Morgan fingerprint density at radius 3 is 2.82 bits per heavy atom. The summed E-state index contributed by atoms with van der Waals surface area (Å²) in [5, 5.41) is 12.8. The maximum Gasteiger partial charge on any atom is 0.115 e. The van der Waals surface area contributed by atoms with E-state index in [1.807, 2.05) is 23.9 Å². The number of phenolic OH excluding ortho intramolecular Hbond substituents is 1. The van der Waals surface area contributed by atoms with E-state index in [0.717, 1.165) is 5.75 Å². The predicted octanol–water partition coefficient (Wildman–Crippen LogP) is 3.41. The zero-order chi connectivity index (χ0) is 11.9. The van der Waals surface area contributed by atoms with E-state index in [0.29, 0.717) is 11.8 Å². The molecule has 1 aromatic carbocycles. The Hall–Kier alpha value is -0.670. The minimum absolute atomic E-state index is 0.347. The molecule has 1 saturated heterocycles. The Kier molecular flexibility index (Phi) is 5.20. The van der Waals surface area contributed by atoms with Gasteiger partial charge in [0.15, 0.2) is 0 Å². The first-order valence-corrected chi connectivity index (χ1v) is 7.48. The Labute approximate surface area is 108 Å². The fourth-order valence-electron chi connectivity index (χ4n) is 2.21. The fraction of sp³-hybridized carbons (Fsp3) is 0.571. The molecular formula is C14H21NOS. The lowest BCUT2D eigenvalue weighted by atomic mass is 10.1. The molecule has 2 nitrogen and oxygen atoms in total. The first-order chi connectivity index (χ1) is 8.34. The predicted molar refractivity (Wildman–Crippen MR) is 73.7 cm³/mol. The molecule has 0 amide bonds. The summed E-state index contributed by atoms with van der Waals surface area (Å²) in [5.41, 5.74) is 0. The van der Waals surface area contributed by atoms with Gasteiger partial charge < -0.3 is 10.4 Å². The van der Waals surface area contributed by atoms with E-state index < -0.39 is 0 Å². The lowest BCUT2D eigenvalue weighted by Gasteiger charge is -2.15. The number of rotatable bonds is 4. The average Bonchev–Trinajstić information content (AvgIpc) is 2.60. The first-order valence-electron chi connectivity index (χ1n) is 6.50. The molecule has 0 aliphatic carbocycles. The van der Waals surface area contributed by atoms with Crippen LogP contribution in [0.4, 0.5) is 0 Å². The molecule has 0 saturated carbocycles. The quantitative estimate of drug-likeness (QED) is 0.804. The average molecular weight is 251 g/mol. The zero-order valence-corrected chi connectivity index (χ0v) is 11.0. The van der Waals surface area contributed by atoms with Crippen molar-refractivity contribution in [1.82, 2.24) is 5.32 Å². The lowest BCUT2D eigenvalue weighted by Crippen LogP contribution is -2.28. The van der Waals surface area contributed by atoms with Crippen molar-refractivity contribution in [3.8, 4) is 5.75 Å². The second-order valence-electron chi connectivity index (χ2n) is 4.63. The van der Waals surface area contributed by atoms with Gasteiger partial charge in [-0.1, -0.05) is 12.8 Å². The first kappa shape index (κ1) is 12.8. The van der Waals surface area contributed by atoms with Crippen LogP contribution in [0.1, 0.15) is 32.1 Å². The molecule has 0 radical (unpaired) electrons. The van der Waals surface area contributed by atoms with Crippen LogP contribution in [0.15, 0.2) is 29.2 Å². The molecular weight excluding hydrogens is 230 g/mol. The van der Waals surface area contributed by atoms with Gasteiger partial charge in [0.25, 0.3) is 0 Å². The van der Waals surface area contributed by atoms with Gasteiger partial charge >= 0.3 is 0 Å². The van der Waals surface area contributed by atoms with Crippen molar-refractivity contribution in [2.75, 3.05) is 12.3 Å². The van der Waals surface area contributed by atoms with Crippen LogP contribution in [-0.4, -0.2) is 23.4 Å². The Morgan fingerprint density at radius 2 is 2.00 bits per heavy atom. The van der Waals surface area contributed by atoms with Crippen LogP contribution < -0.4 is 5.32 Å². The van der Waals surface area contributed by atoms with Gasteiger partial charge in [-0.25, -0.2) is 0 Å². The molecule has 94 valence electrons. The third-order valence-corrected chi connectivity index (χ3v) is 4.28. The molecule has 2 rings (SSSR count). The van der Waals surface area contributed by atoms with Crippen LogP contribution in [0, 0.1) is 0 Å². The highest BCUT2D eigenvalue weighted by atomic mass is 32.2. The van der Waals surface area contributed by atoms with E-state index >= 15 is 0 Å². The summed E-state index contributed by atoms with van der Waals surface area (Å²) in [7, 11) is 0. The van der Waals surface area contributed by atoms with Crippen molar-refractivity contribution in [1.29, 1.82) is 0 Å². The fourth-order valence-corrected chi connectivity index (χ4v) is 3.18. The summed E-state index contributed by atoms with van der Waals surface area (Å²) in [6.07, 6.45) is 6.67. The number of benzene rings is 1.